The van der Waals surface area contributed by atoms with Crippen molar-refractivity contribution in [3.8, 4) is 0 Å². The molecule has 0 aromatic carbocycles. The van der Waals surface area contributed by atoms with E-state index in [1.54, 1.807) is 11.8 Å². The summed E-state index contributed by atoms with van der Waals surface area (Å²) in [5.74, 6) is 0.856. The Bertz CT molecular complexity index is 230. The fourth-order valence-electron chi connectivity index (χ4n) is 2.37. The Hall–Kier alpha value is -0.610. The fraction of sp³-hybridized carbons (Fsp3) is 0.900. The standard InChI is InChI=1S/C10H17NO3/c1-6(12)11-4-8(5-11)9(10(13)14)7-2-3-7/h7-10,13-14H,2-5H2,1H3. The van der Waals surface area contributed by atoms with E-state index in [9.17, 15) is 15.0 Å². The van der Waals surface area contributed by atoms with Crippen LogP contribution in [0, 0.1) is 17.8 Å². The summed E-state index contributed by atoms with van der Waals surface area (Å²) in [7, 11) is 0. The number of hydrogen-bond acceptors (Lipinski definition) is 3. The number of likely N-dealkylation sites (tertiary alicyclic amines) is 1. The number of carbonyl (C=O) groups excluding carboxylic acids is 1. The average Bonchev–Trinajstić information content (AvgIpc) is 2.75. The quantitative estimate of drug-likeness (QED) is 0.619. The first kappa shape index (κ1) is 9.93. The largest absolute Gasteiger partial charge is 0.368 e. The van der Waals surface area contributed by atoms with E-state index in [-0.39, 0.29) is 11.8 Å². The van der Waals surface area contributed by atoms with Gasteiger partial charge in [-0.15, -0.1) is 0 Å². The number of nitrogens with zero attached hydrogens (tertiary/aromatic N) is 1. The van der Waals surface area contributed by atoms with Crippen LogP contribution in [-0.2, 0) is 4.79 Å². The van der Waals surface area contributed by atoms with Gasteiger partial charge in [-0.3, -0.25) is 4.79 Å². The van der Waals surface area contributed by atoms with Gasteiger partial charge in [0.15, 0.2) is 6.29 Å². The number of aliphatic hydroxyl groups excluding tert-OH is 1. The monoisotopic (exact) mass is 199 g/mol. The van der Waals surface area contributed by atoms with Crippen molar-refractivity contribution in [1.29, 1.82) is 0 Å². The van der Waals surface area contributed by atoms with E-state index in [1.807, 2.05) is 0 Å². The van der Waals surface area contributed by atoms with Crippen LogP contribution in [0.25, 0.3) is 0 Å². The zero-order valence-electron chi connectivity index (χ0n) is 8.39. The third-order valence-electron chi connectivity index (χ3n) is 3.41. The number of rotatable bonds is 3. The number of carbonyl (C=O) groups is 1. The number of aliphatic hydroxyl groups is 2. The lowest BCUT2D eigenvalue weighted by atomic mass is 9.82. The van der Waals surface area contributed by atoms with Gasteiger partial charge < -0.3 is 15.1 Å². The van der Waals surface area contributed by atoms with Gasteiger partial charge in [0.25, 0.3) is 0 Å². The van der Waals surface area contributed by atoms with Gasteiger partial charge >= 0.3 is 0 Å². The Kier molecular flexibility index (Phi) is 2.49. The highest BCUT2D eigenvalue weighted by Crippen LogP contribution is 2.44. The van der Waals surface area contributed by atoms with Crippen molar-refractivity contribution in [2.45, 2.75) is 26.1 Å². The number of amides is 1. The van der Waals surface area contributed by atoms with Gasteiger partial charge in [0.05, 0.1) is 0 Å². The Morgan fingerprint density at radius 3 is 2.21 bits per heavy atom. The van der Waals surface area contributed by atoms with E-state index in [2.05, 4.69) is 0 Å². The summed E-state index contributed by atoms with van der Waals surface area (Å²) in [6.07, 6.45) is 1.01. The molecule has 0 radical (unpaired) electrons. The van der Waals surface area contributed by atoms with Crippen molar-refractivity contribution in [1.82, 2.24) is 4.90 Å². The maximum Gasteiger partial charge on any atom is 0.219 e. The smallest absolute Gasteiger partial charge is 0.219 e. The number of hydrogen-bond donors (Lipinski definition) is 2. The molecule has 1 saturated heterocycles. The van der Waals surface area contributed by atoms with Gasteiger partial charge in [0.1, 0.15) is 0 Å². The fourth-order valence-corrected chi connectivity index (χ4v) is 2.37. The molecule has 1 heterocycles. The van der Waals surface area contributed by atoms with Gasteiger partial charge in [0.2, 0.25) is 5.91 Å². The summed E-state index contributed by atoms with van der Waals surface area (Å²) in [5.41, 5.74) is 0. The van der Waals surface area contributed by atoms with Gasteiger partial charge in [-0.25, -0.2) is 0 Å². The molecule has 0 spiro atoms. The van der Waals surface area contributed by atoms with Crippen LogP contribution in [0.3, 0.4) is 0 Å². The van der Waals surface area contributed by atoms with E-state index >= 15 is 0 Å². The second kappa shape index (κ2) is 3.51. The maximum absolute atomic E-state index is 11.0. The lowest BCUT2D eigenvalue weighted by Crippen LogP contribution is -2.54. The summed E-state index contributed by atoms with van der Waals surface area (Å²) in [5, 5.41) is 18.5. The molecule has 4 heteroatoms. The minimum atomic E-state index is -1.21. The molecule has 2 rings (SSSR count). The van der Waals surface area contributed by atoms with Crippen molar-refractivity contribution >= 4 is 5.91 Å². The zero-order chi connectivity index (χ0) is 10.3. The van der Waals surface area contributed by atoms with Gasteiger partial charge in [-0.1, -0.05) is 0 Å². The third kappa shape index (κ3) is 1.77. The molecule has 2 aliphatic rings. The first-order valence-electron chi connectivity index (χ1n) is 5.21. The Morgan fingerprint density at radius 2 is 1.86 bits per heavy atom. The Morgan fingerprint density at radius 1 is 1.29 bits per heavy atom. The molecule has 0 aromatic heterocycles. The SMILES string of the molecule is CC(=O)N1CC(C(C(O)O)C2CC2)C1. The van der Waals surface area contributed by atoms with Crippen LogP contribution in [0.4, 0.5) is 0 Å². The van der Waals surface area contributed by atoms with Crippen molar-refractivity contribution in [2.24, 2.45) is 17.8 Å². The molecule has 2 fully saturated rings. The molecule has 1 amide bonds. The van der Waals surface area contributed by atoms with Crippen molar-refractivity contribution < 1.29 is 15.0 Å². The van der Waals surface area contributed by atoms with Crippen LogP contribution in [0.15, 0.2) is 0 Å². The van der Waals surface area contributed by atoms with Crippen LogP contribution in [-0.4, -0.2) is 40.4 Å². The summed E-state index contributed by atoms with van der Waals surface area (Å²) < 4.78 is 0. The molecule has 14 heavy (non-hydrogen) atoms. The van der Waals surface area contributed by atoms with Gasteiger partial charge in [0, 0.05) is 31.8 Å². The molecule has 2 N–H and O–H groups in total. The summed E-state index contributed by atoms with van der Waals surface area (Å²) >= 11 is 0. The average molecular weight is 199 g/mol. The van der Waals surface area contributed by atoms with Gasteiger partial charge in [-0.2, -0.15) is 0 Å². The molecular weight excluding hydrogens is 182 g/mol. The van der Waals surface area contributed by atoms with Crippen LogP contribution in [0.1, 0.15) is 19.8 Å². The van der Waals surface area contributed by atoms with Crippen LogP contribution in [0.5, 0.6) is 0 Å². The van der Waals surface area contributed by atoms with Crippen LogP contribution >= 0.6 is 0 Å². The second-order valence-electron chi connectivity index (χ2n) is 4.51. The maximum atomic E-state index is 11.0. The minimum Gasteiger partial charge on any atom is -0.368 e. The van der Waals surface area contributed by atoms with Gasteiger partial charge in [-0.05, 0) is 18.8 Å². The first-order chi connectivity index (χ1) is 6.59. The zero-order valence-corrected chi connectivity index (χ0v) is 8.39. The molecule has 80 valence electrons. The second-order valence-corrected chi connectivity index (χ2v) is 4.51. The predicted molar refractivity (Wildman–Crippen MR) is 50.2 cm³/mol. The van der Waals surface area contributed by atoms with Crippen LogP contribution in [0.2, 0.25) is 0 Å². The molecule has 1 aliphatic carbocycles. The lowest BCUT2D eigenvalue weighted by molar-refractivity contribution is -0.150. The molecule has 1 aliphatic heterocycles. The third-order valence-corrected chi connectivity index (χ3v) is 3.41. The van der Waals surface area contributed by atoms with Crippen LogP contribution < -0.4 is 0 Å². The lowest BCUT2D eigenvalue weighted by Gasteiger charge is -2.43. The van der Waals surface area contributed by atoms with E-state index < -0.39 is 6.29 Å². The molecule has 0 aromatic rings. The van der Waals surface area contributed by atoms with Crippen molar-refractivity contribution in [3.05, 3.63) is 0 Å². The highest BCUT2D eigenvalue weighted by Gasteiger charge is 2.45. The highest BCUT2D eigenvalue weighted by molar-refractivity contribution is 5.74. The molecule has 1 saturated carbocycles. The summed E-state index contributed by atoms with van der Waals surface area (Å²) in [4.78, 5) is 12.7. The Labute approximate surface area is 83.5 Å². The minimum absolute atomic E-state index is 0.00870. The summed E-state index contributed by atoms with van der Waals surface area (Å²) in [6, 6.07) is 0. The molecule has 4 nitrogen and oxygen atoms in total. The Balaban J connectivity index is 1.86. The van der Waals surface area contributed by atoms with E-state index in [0.29, 0.717) is 24.9 Å². The summed E-state index contributed by atoms with van der Waals surface area (Å²) in [6.45, 7) is 2.96. The molecule has 1 unspecified atom stereocenters. The molecule has 0 bridgehead atoms. The van der Waals surface area contributed by atoms with E-state index in [0.717, 1.165) is 12.8 Å². The van der Waals surface area contributed by atoms with E-state index in [4.69, 9.17) is 0 Å². The molecule has 1 atom stereocenters. The topological polar surface area (TPSA) is 60.8 Å². The van der Waals surface area contributed by atoms with E-state index in [1.165, 1.54) is 0 Å². The van der Waals surface area contributed by atoms with Crippen molar-refractivity contribution in [2.75, 3.05) is 13.1 Å². The normalized spacial score (nSPS) is 25.0. The molecular formula is C10H17NO3. The first-order valence-corrected chi connectivity index (χ1v) is 5.21. The van der Waals surface area contributed by atoms with Crippen molar-refractivity contribution in [3.63, 3.8) is 0 Å². The highest BCUT2D eigenvalue weighted by atomic mass is 16.5. The predicted octanol–water partition coefficient (Wildman–Crippen LogP) is -0.198.